The Morgan fingerprint density at radius 3 is 2.32 bits per heavy atom. The predicted octanol–water partition coefficient (Wildman–Crippen LogP) is 3.50. The van der Waals surface area contributed by atoms with Crippen molar-refractivity contribution in [3.8, 4) is 0 Å². The Morgan fingerprint density at radius 2 is 1.68 bits per heavy atom. The van der Waals surface area contributed by atoms with E-state index in [-0.39, 0.29) is 17.5 Å². The molecule has 1 aliphatic heterocycles. The molecule has 0 spiro atoms. The first-order valence-corrected chi connectivity index (χ1v) is 8.60. The number of aryl methyl sites for hydroxylation is 3. The highest BCUT2D eigenvalue weighted by molar-refractivity contribution is 6.05. The molecule has 1 N–H and O–H groups in total. The zero-order valence-corrected chi connectivity index (χ0v) is 14.9. The summed E-state index contributed by atoms with van der Waals surface area (Å²) >= 11 is 0. The van der Waals surface area contributed by atoms with Gasteiger partial charge in [-0.2, -0.15) is 0 Å². The molecule has 2 heterocycles. The molecule has 2 aromatic rings. The van der Waals surface area contributed by atoms with Crippen LogP contribution in [0.5, 0.6) is 0 Å². The summed E-state index contributed by atoms with van der Waals surface area (Å²) < 4.78 is 0. The molecule has 1 aromatic heterocycles. The molecule has 0 radical (unpaired) electrons. The number of hydrogen-bond donors (Lipinski definition) is 1. The molecule has 0 aliphatic carbocycles. The van der Waals surface area contributed by atoms with Crippen LogP contribution in [0.2, 0.25) is 0 Å². The summed E-state index contributed by atoms with van der Waals surface area (Å²) in [5, 5.41) is 2.93. The molecule has 1 aromatic carbocycles. The first-order chi connectivity index (χ1) is 12.0. The van der Waals surface area contributed by atoms with E-state index in [0.717, 1.165) is 48.3 Å². The van der Waals surface area contributed by atoms with Crippen LogP contribution in [0, 0.1) is 20.8 Å². The molecule has 25 heavy (non-hydrogen) atoms. The van der Waals surface area contributed by atoms with Gasteiger partial charge in [-0.3, -0.25) is 14.6 Å². The minimum Gasteiger partial charge on any atom is -0.339 e. The summed E-state index contributed by atoms with van der Waals surface area (Å²) in [5.74, 6) is -0.331. The van der Waals surface area contributed by atoms with Gasteiger partial charge in [0.1, 0.15) is 5.69 Å². The monoisotopic (exact) mass is 337 g/mol. The minimum atomic E-state index is -0.300. The molecule has 1 fully saturated rings. The van der Waals surface area contributed by atoms with Crippen LogP contribution >= 0.6 is 0 Å². The Morgan fingerprint density at radius 1 is 1.04 bits per heavy atom. The van der Waals surface area contributed by atoms with Crippen molar-refractivity contribution in [1.29, 1.82) is 0 Å². The largest absolute Gasteiger partial charge is 0.339 e. The maximum Gasteiger partial charge on any atom is 0.274 e. The fraction of sp³-hybridized carbons (Fsp3) is 0.350. The number of nitrogens with one attached hydrogen (secondary N) is 1. The molecule has 0 bridgehead atoms. The van der Waals surface area contributed by atoms with Gasteiger partial charge in [0.2, 0.25) is 0 Å². The van der Waals surface area contributed by atoms with E-state index in [4.69, 9.17) is 0 Å². The zero-order chi connectivity index (χ0) is 18.0. The highest BCUT2D eigenvalue weighted by Gasteiger charge is 2.21. The van der Waals surface area contributed by atoms with Crippen LogP contribution in [-0.2, 0) is 0 Å². The van der Waals surface area contributed by atoms with Gasteiger partial charge in [0.05, 0.1) is 0 Å². The number of benzene rings is 1. The summed E-state index contributed by atoms with van der Waals surface area (Å²) in [5.41, 5.74) is 4.74. The molecule has 5 nitrogen and oxygen atoms in total. The third kappa shape index (κ3) is 3.71. The van der Waals surface area contributed by atoms with Crippen LogP contribution in [-0.4, -0.2) is 34.8 Å². The lowest BCUT2D eigenvalue weighted by molar-refractivity contribution is 0.0792. The number of hydrogen-bond acceptors (Lipinski definition) is 3. The first kappa shape index (κ1) is 17.1. The van der Waals surface area contributed by atoms with Crippen LogP contribution in [0.4, 0.5) is 5.69 Å². The lowest BCUT2D eigenvalue weighted by Crippen LogP contribution is -2.28. The molecule has 0 saturated carbocycles. The van der Waals surface area contributed by atoms with Gasteiger partial charge < -0.3 is 10.2 Å². The Balaban J connectivity index is 1.81. The topological polar surface area (TPSA) is 62.3 Å². The van der Waals surface area contributed by atoms with E-state index in [1.54, 1.807) is 12.1 Å². The summed E-state index contributed by atoms with van der Waals surface area (Å²) in [6, 6.07) is 7.31. The summed E-state index contributed by atoms with van der Waals surface area (Å²) in [4.78, 5) is 31.1. The molecule has 2 amide bonds. The first-order valence-electron chi connectivity index (χ1n) is 8.60. The van der Waals surface area contributed by atoms with E-state index >= 15 is 0 Å². The fourth-order valence-electron chi connectivity index (χ4n) is 3.35. The van der Waals surface area contributed by atoms with Crippen LogP contribution in [0.1, 0.15) is 50.4 Å². The lowest BCUT2D eigenvalue weighted by Gasteiger charge is -2.16. The molecule has 5 heteroatoms. The summed E-state index contributed by atoms with van der Waals surface area (Å²) in [7, 11) is 0. The Bertz CT molecular complexity index is 800. The molecule has 0 unspecified atom stereocenters. The summed E-state index contributed by atoms with van der Waals surface area (Å²) in [6.07, 6.45) is 3.60. The van der Waals surface area contributed by atoms with Crippen molar-refractivity contribution in [1.82, 2.24) is 9.88 Å². The van der Waals surface area contributed by atoms with Crippen molar-refractivity contribution < 1.29 is 9.59 Å². The molecule has 130 valence electrons. The minimum absolute atomic E-state index is 0.0309. The van der Waals surface area contributed by atoms with Gasteiger partial charge in [0.15, 0.2) is 0 Å². The molecular formula is C20H23N3O2. The van der Waals surface area contributed by atoms with E-state index in [2.05, 4.69) is 10.3 Å². The Hall–Kier alpha value is -2.69. The predicted molar refractivity (Wildman–Crippen MR) is 98.0 cm³/mol. The molecule has 3 rings (SSSR count). The number of aromatic nitrogens is 1. The number of anilines is 1. The molecule has 1 saturated heterocycles. The van der Waals surface area contributed by atoms with Gasteiger partial charge in [-0.05, 0) is 56.9 Å². The van der Waals surface area contributed by atoms with Crippen molar-refractivity contribution in [2.75, 3.05) is 18.4 Å². The average Bonchev–Trinajstić information content (AvgIpc) is 3.12. The number of rotatable bonds is 3. The van der Waals surface area contributed by atoms with E-state index < -0.39 is 0 Å². The Kier molecular flexibility index (Phi) is 4.83. The van der Waals surface area contributed by atoms with Gasteiger partial charge >= 0.3 is 0 Å². The zero-order valence-electron chi connectivity index (χ0n) is 14.9. The van der Waals surface area contributed by atoms with Gasteiger partial charge in [0, 0.05) is 30.5 Å². The van der Waals surface area contributed by atoms with E-state index in [9.17, 15) is 9.59 Å². The normalized spacial score (nSPS) is 13.8. The smallest absolute Gasteiger partial charge is 0.274 e. The average molecular weight is 337 g/mol. The SMILES string of the molecule is Cc1cc(C)c(NC(=O)c2cc(C(=O)N3CCCC3)ccn2)c(C)c1. The van der Waals surface area contributed by atoms with Crippen molar-refractivity contribution in [3.05, 3.63) is 58.4 Å². The number of nitrogens with zero attached hydrogens (tertiary/aromatic N) is 2. The third-order valence-corrected chi connectivity index (χ3v) is 4.55. The lowest BCUT2D eigenvalue weighted by atomic mass is 10.0. The van der Waals surface area contributed by atoms with Gasteiger partial charge in [-0.1, -0.05) is 17.7 Å². The van der Waals surface area contributed by atoms with Gasteiger partial charge in [-0.15, -0.1) is 0 Å². The van der Waals surface area contributed by atoms with E-state index in [1.165, 1.54) is 6.20 Å². The quantitative estimate of drug-likeness (QED) is 0.932. The van der Waals surface area contributed by atoms with Crippen LogP contribution < -0.4 is 5.32 Å². The maximum absolute atomic E-state index is 12.6. The number of carbonyl (C=O) groups excluding carboxylic acids is 2. The Labute approximate surface area is 148 Å². The molecule has 0 atom stereocenters. The van der Waals surface area contributed by atoms with E-state index in [1.807, 2.05) is 37.8 Å². The second-order valence-electron chi connectivity index (χ2n) is 6.66. The maximum atomic E-state index is 12.6. The van der Waals surface area contributed by atoms with Gasteiger partial charge in [0.25, 0.3) is 11.8 Å². The highest BCUT2D eigenvalue weighted by Crippen LogP contribution is 2.22. The van der Waals surface area contributed by atoms with Crippen molar-refractivity contribution >= 4 is 17.5 Å². The van der Waals surface area contributed by atoms with Crippen LogP contribution in [0.15, 0.2) is 30.5 Å². The second-order valence-corrected chi connectivity index (χ2v) is 6.66. The number of carbonyl (C=O) groups is 2. The molecular weight excluding hydrogens is 314 g/mol. The standard InChI is InChI=1S/C20H23N3O2/c1-13-10-14(2)18(15(3)11-13)22-19(24)17-12-16(6-7-21-17)20(25)23-8-4-5-9-23/h6-7,10-12H,4-5,8-9H2,1-3H3,(H,22,24). The fourth-order valence-corrected chi connectivity index (χ4v) is 3.35. The van der Waals surface area contributed by atoms with Gasteiger partial charge in [-0.25, -0.2) is 0 Å². The molecule has 1 aliphatic rings. The van der Waals surface area contributed by atoms with Crippen molar-refractivity contribution in [2.45, 2.75) is 33.6 Å². The third-order valence-electron chi connectivity index (χ3n) is 4.55. The number of amides is 2. The van der Waals surface area contributed by atoms with Crippen LogP contribution in [0.25, 0.3) is 0 Å². The highest BCUT2D eigenvalue weighted by atomic mass is 16.2. The van der Waals surface area contributed by atoms with E-state index in [0.29, 0.717) is 5.56 Å². The number of pyridine rings is 1. The van der Waals surface area contributed by atoms with Crippen LogP contribution in [0.3, 0.4) is 0 Å². The summed E-state index contributed by atoms with van der Waals surface area (Å²) in [6.45, 7) is 7.53. The van der Waals surface area contributed by atoms with Crippen molar-refractivity contribution in [2.24, 2.45) is 0 Å². The second kappa shape index (κ2) is 7.05. The number of likely N-dealkylation sites (tertiary alicyclic amines) is 1. The van der Waals surface area contributed by atoms with Crippen molar-refractivity contribution in [3.63, 3.8) is 0 Å².